The van der Waals surface area contributed by atoms with Crippen molar-refractivity contribution in [2.75, 3.05) is 18.6 Å². The summed E-state index contributed by atoms with van der Waals surface area (Å²) in [5.41, 5.74) is 1.24. The Kier molecular flexibility index (Phi) is 5.54. The van der Waals surface area contributed by atoms with E-state index in [0.717, 1.165) is 22.2 Å². The molecule has 1 aliphatic heterocycles. The van der Waals surface area contributed by atoms with Crippen molar-refractivity contribution in [1.82, 2.24) is 0 Å². The molecule has 2 aromatic rings. The summed E-state index contributed by atoms with van der Waals surface area (Å²) in [6, 6.07) is 11.9. The first-order chi connectivity index (χ1) is 12.5. The number of rotatable bonds is 5. The maximum absolute atomic E-state index is 12.7. The van der Waals surface area contributed by atoms with Gasteiger partial charge in [0.1, 0.15) is 0 Å². The van der Waals surface area contributed by atoms with E-state index < -0.39 is 0 Å². The fourth-order valence-corrected chi connectivity index (χ4v) is 3.45. The Bertz CT molecular complexity index is 880. The zero-order valence-electron chi connectivity index (χ0n) is 14.2. The first kappa shape index (κ1) is 18.4. The van der Waals surface area contributed by atoms with Crippen LogP contribution < -0.4 is 14.4 Å². The van der Waals surface area contributed by atoms with Crippen LogP contribution in [-0.4, -0.2) is 24.9 Å². The molecule has 1 aliphatic rings. The molecule has 1 heterocycles. The smallest absolute Gasteiger partial charge is 0.298 e. The molecule has 3 rings (SSSR count). The molecule has 5 nitrogen and oxygen atoms in total. The van der Waals surface area contributed by atoms with E-state index in [1.165, 1.54) is 0 Å². The summed E-state index contributed by atoms with van der Waals surface area (Å²) in [5.74, 6) is 0.829. The van der Waals surface area contributed by atoms with Gasteiger partial charge in [-0.25, -0.2) is 4.90 Å². The van der Waals surface area contributed by atoms with Crippen LogP contribution in [0.25, 0.3) is 6.08 Å². The lowest BCUT2D eigenvalue weighted by atomic mass is 10.2. The number of imide groups is 1. The van der Waals surface area contributed by atoms with Gasteiger partial charge in [0, 0.05) is 5.02 Å². The monoisotopic (exact) mass is 389 g/mol. The maximum atomic E-state index is 12.7. The highest BCUT2D eigenvalue weighted by molar-refractivity contribution is 8.19. The Morgan fingerprint density at radius 2 is 1.85 bits per heavy atom. The second-order valence-corrected chi connectivity index (χ2v) is 6.77. The number of ether oxygens (including phenoxy) is 2. The lowest BCUT2D eigenvalue weighted by molar-refractivity contribution is -0.113. The minimum atomic E-state index is -0.365. The molecule has 1 fully saturated rings. The van der Waals surface area contributed by atoms with E-state index in [0.29, 0.717) is 33.7 Å². The predicted molar refractivity (Wildman–Crippen MR) is 104 cm³/mol. The number of benzene rings is 2. The molecular weight excluding hydrogens is 374 g/mol. The number of carbonyl (C=O) groups is 2. The molecule has 2 aromatic carbocycles. The number of hydrogen-bond donors (Lipinski definition) is 0. The molecule has 0 spiro atoms. The van der Waals surface area contributed by atoms with Gasteiger partial charge in [0.15, 0.2) is 11.5 Å². The van der Waals surface area contributed by atoms with Gasteiger partial charge in [-0.15, -0.1) is 0 Å². The average Bonchev–Trinajstić information content (AvgIpc) is 2.90. The number of carbonyl (C=O) groups excluding carboxylic acids is 2. The second-order valence-electron chi connectivity index (χ2n) is 5.34. The fourth-order valence-electron chi connectivity index (χ4n) is 2.48. The third kappa shape index (κ3) is 3.71. The van der Waals surface area contributed by atoms with Gasteiger partial charge in [-0.3, -0.25) is 9.59 Å². The lowest BCUT2D eigenvalue weighted by Crippen LogP contribution is -2.27. The summed E-state index contributed by atoms with van der Waals surface area (Å²) in [6.45, 7) is 2.37. The SMILES string of the molecule is CCOc1cc(/C=C2\SC(=O)N(c3ccc(Cl)cc3)C2=O)ccc1OC. The third-order valence-electron chi connectivity index (χ3n) is 3.66. The van der Waals surface area contributed by atoms with E-state index in [9.17, 15) is 9.59 Å². The van der Waals surface area contributed by atoms with E-state index in [4.69, 9.17) is 21.1 Å². The van der Waals surface area contributed by atoms with E-state index in [1.807, 2.05) is 6.92 Å². The van der Waals surface area contributed by atoms with Gasteiger partial charge >= 0.3 is 0 Å². The Hall–Kier alpha value is -2.44. The van der Waals surface area contributed by atoms with Gasteiger partial charge in [-0.2, -0.15) is 0 Å². The normalized spacial score (nSPS) is 15.7. The van der Waals surface area contributed by atoms with Crippen LogP contribution in [0.3, 0.4) is 0 Å². The standard InChI is InChI=1S/C19H16ClNO4S/c1-3-25-16-10-12(4-9-15(16)24-2)11-17-18(22)21(19(23)26-17)14-7-5-13(20)6-8-14/h4-11H,3H2,1-2H3/b17-11-. The molecule has 134 valence electrons. The quantitative estimate of drug-likeness (QED) is 0.674. The van der Waals surface area contributed by atoms with E-state index in [-0.39, 0.29) is 11.1 Å². The van der Waals surface area contributed by atoms with Gasteiger partial charge < -0.3 is 9.47 Å². The Labute approximate surface area is 160 Å². The molecular formula is C19H16ClNO4S. The molecule has 26 heavy (non-hydrogen) atoms. The average molecular weight is 390 g/mol. The van der Waals surface area contributed by atoms with Crippen LogP contribution in [0.15, 0.2) is 47.4 Å². The molecule has 0 atom stereocenters. The molecule has 0 saturated carbocycles. The van der Waals surface area contributed by atoms with Crippen molar-refractivity contribution in [1.29, 1.82) is 0 Å². The largest absolute Gasteiger partial charge is 0.493 e. The summed E-state index contributed by atoms with van der Waals surface area (Å²) in [7, 11) is 1.56. The van der Waals surface area contributed by atoms with Gasteiger partial charge in [0.05, 0.1) is 24.3 Å². The highest BCUT2D eigenvalue weighted by Crippen LogP contribution is 2.37. The molecule has 2 amide bonds. The van der Waals surface area contributed by atoms with Crippen LogP contribution in [0.1, 0.15) is 12.5 Å². The number of methoxy groups -OCH3 is 1. The molecule has 7 heteroatoms. The number of amides is 2. The molecule has 0 aromatic heterocycles. The molecule has 0 unspecified atom stereocenters. The summed E-state index contributed by atoms with van der Waals surface area (Å²) >= 11 is 6.76. The minimum Gasteiger partial charge on any atom is -0.493 e. The number of nitrogens with zero attached hydrogens (tertiary/aromatic N) is 1. The minimum absolute atomic E-state index is 0.345. The summed E-state index contributed by atoms with van der Waals surface area (Å²) in [4.78, 5) is 26.4. The van der Waals surface area contributed by atoms with Crippen LogP contribution in [0.5, 0.6) is 11.5 Å². The first-order valence-electron chi connectivity index (χ1n) is 7.88. The van der Waals surface area contributed by atoms with E-state index >= 15 is 0 Å². The van der Waals surface area contributed by atoms with Gasteiger partial charge in [-0.05, 0) is 66.7 Å². The van der Waals surface area contributed by atoms with Crippen LogP contribution in [0, 0.1) is 0 Å². The van der Waals surface area contributed by atoms with Crippen molar-refractivity contribution in [2.24, 2.45) is 0 Å². The zero-order valence-corrected chi connectivity index (χ0v) is 15.8. The number of halogens is 1. The van der Waals surface area contributed by atoms with Crippen molar-refractivity contribution in [3.05, 3.63) is 58.0 Å². The number of anilines is 1. The summed E-state index contributed by atoms with van der Waals surface area (Å²) in [5, 5.41) is 0.195. The second kappa shape index (κ2) is 7.85. The first-order valence-corrected chi connectivity index (χ1v) is 9.07. The third-order valence-corrected chi connectivity index (χ3v) is 4.79. The van der Waals surface area contributed by atoms with Crippen molar-refractivity contribution in [2.45, 2.75) is 6.92 Å². The molecule has 0 aliphatic carbocycles. The Morgan fingerprint density at radius 3 is 2.50 bits per heavy atom. The van der Waals surface area contributed by atoms with Gasteiger partial charge in [0.2, 0.25) is 0 Å². The molecule has 0 N–H and O–H groups in total. The topological polar surface area (TPSA) is 55.8 Å². The lowest BCUT2D eigenvalue weighted by Gasteiger charge is -2.12. The van der Waals surface area contributed by atoms with Gasteiger partial charge in [-0.1, -0.05) is 17.7 Å². The number of hydrogen-bond acceptors (Lipinski definition) is 5. The maximum Gasteiger partial charge on any atom is 0.298 e. The molecule has 0 radical (unpaired) electrons. The fraction of sp³-hybridized carbons (Fsp3) is 0.158. The molecule has 0 bridgehead atoms. The van der Waals surface area contributed by atoms with Crippen LogP contribution in [-0.2, 0) is 4.79 Å². The van der Waals surface area contributed by atoms with Crippen LogP contribution in [0.2, 0.25) is 5.02 Å². The molecule has 1 saturated heterocycles. The van der Waals surface area contributed by atoms with Crippen LogP contribution in [0.4, 0.5) is 10.5 Å². The van der Waals surface area contributed by atoms with Gasteiger partial charge in [0.25, 0.3) is 11.1 Å². The summed E-state index contributed by atoms with van der Waals surface area (Å²) < 4.78 is 10.8. The Morgan fingerprint density at radius 1 is 1.12 bits per heavy atom. The Balaban J connectivity index is 1.90. The highest BCUT2D eigenvalue weighted by Gasteiger charge is 2.36. The number of thioether (sulfide) groups is 1. The van der Waals surface area contributed by atoms with Crippen LogP contribution >= 0.6 is 23.4 Å². The van der Waals surface area contributed by atoms with E-state index in [2.05, 4.69) is 0 Å². The van der Waals surface area contributed by atoms with Crippen molar-refractivity contribution < 1.29 is 19.1 Å². The van der Waals surface area contributed by atoms with Crippen molar-refractivity contribution in [3.63, 3.8) is 0 Å². The predicted octanol–water partition coefficient (Wildman–Crippen LogP) is 4.99. The highest BCUT2D eigenvalue weighted by atomic mass is 35.5. The zero-order chi connectivity index (χ0) is 18.7. The summed E-state index contributed by atoms with van der Waals surface area (Å²) in [6.07, 6.45) is 1.67. The van der Waals surface area contributed by atoms with Crippen molar-refractivity contribution >= 4 is 46.3 Å². The van der Waals surface area contributed by atoms with Crippen molar-refractivity contribution in [3.8, 4) is 11.5 Å². The van der Waals surface area contributed by atoms with E-state index in [1.54, 1.807) is 55.7 Å².